The molecule has 0 atom stereocenters. The van der Waals surface area contributed by atoms with Gasteiger partial charge in [-0.05, 0) is 105 Å². The maximum Gasteiger partial charge on any atom is 0.389 e. The molecular weight excluding hydrogens is 503 g/mol. The number of piperidine rings is 1. The van der Waals surface area contributed by atoms with Crippen LogP contribution in [0.25, 0.3) is 6.08 Å². The quantitative estimate of drug-likeness (QED) is 0.409. The molecular formula is C27H34F3N3O3S. The Bertz CT molecular complexity index is 1060. The van der Waals surface area contributed by atoms with Crippen LogP contribution in [0.2, 0.25) is 0 Å². The first-order chi connectivity index (χ1) is 17.5. The Kier molecular flexibility index (Phi) is 8.38. The van der Waals surface area contributed by atoms with Gasteiger partial charge in [0.15, 0.2) is 0 Å². The van der Waals surface area contributed by atoms with Crippen molar-refractivity contribution in [3.8, 4) is 0 Å². The summed E-state index contributed by atoms with van der Waals surface area (Å²) < 4.78 is 39.8. The minimum atomic E-state index is -4.10. The lowest BCUT2D eigenvalue weighted by Gasteiger charge is -2.34. The maximum absolute atomic E-state index is 12.9. The normalized spacial score (nSPS) is 24.5. The molecule has 4 rings (SSSR count). The van der Waals surface area contributed by atoms with Crippen LogP contribution in [0.1, 0.15) is 78.4 Å². The van der Waals surface area contributed by atoms with Crippen molar-refractivity contribution in [1.82, 2.24) is 9.62 Å². The van der Waals surface area contributed by atoms with Crippen molar-refractivity contribution in [2.75, 3.05) is 13.1 Å². The van der Waals surface area contributed by atoms with Crippen LogP contribution < -0.4 is 5.32 Å². The summed E-state index contributed by atoms with van der Waals surface area (Å²) in [6.45, 7) is 5.22. The van der Waals surface area contributed by atoms with Crippen molar-refractivity contribution in [2.45, 2.75) is 76.9 Å². The van der Waals surface area contributed by atoms with E-state index < -0.39 is 24.1 Å². The van der Waals surface area contributed by atoms with E-state index in [9.17, 15) is 27.9 Å². The zero-order valence-corrected chi connectivity index (χ0v) is 22.1. The summed E-state index contributed by atoms with van der Waals surface area (Å²) in [5.74, 6) is -0.0308. The Balaban J connectivity index is 1.28. The Morgan fingerprint density at radius 3 is 2.38 bits per heavy atom. The lowest BCUT2D eigenvalue weighted by atomic mass is 9.79. The molecule has 1 amide bonds. The number of carboxylic acid groups (broad SMARTS) is 1. The lowest BCUT2D eigenvalue weighted by molar-refractivity contribution is -0.138. The number of carbonyl (C=O) groups excluding carboxylic acids is 1. The fraction of sp³-hybridized carbons (Fsp3) is 0.593. The SMILES string of the molecule is Cc1cc(C(=O)O)cc(C)c1/C=C/SN1CCC2(CC1)N=C(C1CCC(CCC(F)(F)F)CC1)NC2=O. The van der Waals surface area contributed by atoms with Crippen molar-refractivity contribution in [3.63, 3.8) is 0 Å². The van der Waals surface area contributed by atoms with E-state index in [0.717, 1.165) is 48.2 Å². The van der Waals surface area contributed by atoms with Crippen LogP contribution in [-0.4, -0.2) is 51.9 Å². The van der Waals surface area contributed by atoms with Gasteiger partial charge < -0.3 is 10.4 Å². The van der Waals surface area contributed by atoms with Crippen LogP contribution in [0.5, 0.6) is 0 Å². The van der Waals surface area contributed by atoms with Crippen LogP contribution >= 0.6 is 11.9 Å². The summed E-state index contributed by atoms with van der Waals surface area (Å²) >= 11 is 1.58. The van der Waals surface area contributed by atoms with Gasteiger partial charge in [0, 0.05) is 25.4 Å². The second-order valence-electron chi connectivity index (χ2n) is 10.5. The van der Waals surface area contributed by atoms with E-state index in [1.54, 1.807) is 24.1 Å². The van der Waals surface area contributed by atoms with Crippen molar-refractivity contribution in [1.29, 1.82) is 0 Å². The number of rotatable bonds is 7. The molecule has 1 spiro atoms. The maximum atomic E-state index is 12.9. The molecule has 1 aromatic rings. The van der Waals surface area contributed by atoms with E-state index in [1.807, 2.05) is 25.3 Å². The molecule has 1 aliphatic carbocycles. The monoisotopic (exact) mass is 537 g/mol. The predicted molar refractivity (Wildman–Crippen MR) is 139 cm³/mol. The van der Waals surface area contributed by atoms with Gasteiger partial charge in [-0.25, -0.2) is 9.10 Å². The summed E-state index contributed by atoms with van der Waals surface area (Å²) in [7, 11) is 0. The molecule has 2 fully saturated rings. The fourth-order valence-electron chi connectivity index (χ4n) is 5.67. The Morgan fingerprint density at radius 2 is 1.81 bits per heavy atom. The molecule has 0 radical (unpaired) electrons. The standard InChI is InChI=1S/C27H34F3N3O3S/c1-17-15-21(24(34)35)16-18(2)22(17)8-14-37-33-12-10-26(11-13-33)25(36)31-23(32-26)20-5-3-19(4-6-20)7-9-27(28,29)30/h8,14-16,19-20H,3-7,9-13H2,1-2H3,(H,34,35)(H,31,32,36)/b14-8+. The minimum Gasteiger partial charge on any atom is -0.478 e. The number of aryl methyl sites for hydroxylation is 2. The number of hydrogen-bond donors (Lipinski definition) is 2. The van der Waals surface area contributed by atoms with E-state index in [0.29, 0.717) is 25.9 Å². The van der Waals surface area contributed by atoms with Crippen LogP contribution in [0.15, 0.2) is 22.5 Å². The predicted octanol–water partition coefficient (Wildman–Crippen LogP) is 6.13. The number of hydrogen-bond acceptors (Lipinski definition) is 5. The molecule has 1 saturated heterocycles. The molecule has 37 heavy (non-hydrogen) atoms. The van der Waals surface area contributed by atoms with Gasteiger partial charge in [-0.15, -0.1) is 0 Å². The number of alkyl halides is 3. The molecule has 3 aliphatic rings. The fourth-order valence-corrected chi connectivity index (χ4v) is 6.44. The topological polar surface area (TPSA) is 82.0 Å². The molecule has 0 bridgehead atoms. The van der Waals surface area contributed by atoms with Gasteiger partial charge in [0.1, 0.15) is 11.4 Å². The number of carboxylic acids is 1. The van der Waals surface area contributed by atoms with Gasteiger partial charge in [-0.3, -0.25) is 9.79 Å². The van der Waals surface area contributed by atoms with E-state index >= 15 is 0 Å². The third-order valence-electron chi connectivity index (χ3n) is 7.90. The zero-order valence-electron chi connectivity index (χ0n) is 21.2. The molecule has 2 heterocycles. The highest BCUT2D eigenvalue weighted by Gasteiger charge is 2.47. The smallest absolute Gasteiger partial charge is 0.389 e. The number of benzene rings is 1. The second-order valence-corrected chi connectivity index (χ2v) is 11.5. The van der Waals surface area contributed by atoms with Crippen LogP contribution in [0.3, 0.4) is 0 Å². The van der Waals surface area contributed by atoms with Crippen molar-refractivity contribution in [3.05, 3.63) is 39.8 Å². The van der Waals surface area contributed by atoms with Crippen LogP contribution in [0.4, 0.5) is 13.2 Å². The van der Waals surface area contributed by atoms with Crippen molar-refractivity contribution in [2.24, 2.45) is 16.8 Å². The van der Waals surface area contributed by atoms with Crippen molar-refractivity contribution >= 4 is 35.7 Å². The summed E-state index contributed by atoms with van der Waals surface area (Å²) in [5, 5.41) is 14.2. The number of aromatic carboxylic acids is 1. The highest BCUT2D eigenvalue weighted by molar-refractivity contribution is 8.00. The number of amidine groups is 1. The van der Waals surface area contributed by atoms with Gasteiger partial charge in [-0.1, -0.05) is 11.9 Å². The Morgan fingerprint density at radius 1 is 1.19 bits per heavy atom. The first-order valence-electron chi connectivity index (χ1n) is 12.9. The summed E-state index contributed by atoms with van der Waals surface area (Å²) in [5.41, 5.74) is 2.37. The summed E-state index contributed by atoms with van der Waals surface area (Å²) in [6, 6.07) is 3.35. The number of amides is 1. The summed E-state index contributed by atoms with van der Waals surface area (Å²) in [6.07, 6.45) is 1.65. The van der Waals surface area contributed by atoms with E-state index in [2.05, 4.69) is 9.62 Å². The zero-order chi connectivity index (χ0) is 26.8. The lowest BCUT2D eigenvalue weighted by Crippen LogP contribution is -2.47. The first kappa shape index (κ1) is 27.7. The number of halogens is 3. The molecule has 2 N–H and O–H groups in total. The van der Waals surface area contributed by atoms with Gasteiger partial charge in [0.25, 0.3) is 5.91 Å². The largest absolute Gasteiger partial charge is 0.478 e. The van der Waals surface area contributed by atoms with Gasteiger partial charge in [0.2, 0.25) is 0 Å². The molecule has 10 heteroatoms. The second kappa shape index (κ2) is 11.2. The molecule has 6 nitrogen and oxygen atoms in total. The van der Waals surface area contributed by atoms with E-state index in [4.69, 9.17) is 4.99 Å². The Labute approximate surface area is 219 Å². The molecule has 0 aromatic heterocycles. The van der Waals surface area contributed by atoms with E-state index in [-0.39, 0.29) is 29.7 Å². The van der Waals surface area contributed by atoms with Crippen LogP contribution in [0, 0.1) is 25.7 Å². The van der Waals surface area contributed by atoms with E-state index in [1.165, 1.54) is 0 Å². The minimum absolute atomic E-state index is 0.0494. The molecule has 1 saturated carbocycles. The van der Waals surface area contributed by atoms with Gasteiger partial charge in [0.05, 0.1) is 5.56 Å². The molecule has 1 aromatic carbocycles. The van der Waals surface area contributed by atoms with Gasteiger partial charge in [-0.2, -0.15) is 13.2 Å². The van der Waals surface area contributed by atoms with Gasteiger partial charge >= 0.3 is 12.1 Å². The third kappa shape index (κ3) is 6.76. The number of nitrogens with zero attached hydrogens (tertiary/aromatic N) is 2. The number of aliphatic imine (C=N–C) groups is 1. The highest BCUT2D eigenvalue weighted by atomic mass is 32.2. The van der Waals surface area contributed by atoms with Crippen LogP contribution in [-0.2, 0) is 4.79 Å². The number of carbonyl (C=O) groups is 2. The highest BCUT2D eigenvalue weighted by Crippen LogP contribution is 2.38. The van der Waals surface area contributed by atoms with Crippen molar-refractivity contribution < 1.29 is 27.9 Å². The summed E-state index contributed by atoms with van der Waals surface area (Å²) in [4.78, 5) is 29.0. The Hall–Kier alpha value is -2.33. The molecule has 0 unspecified atom stereocenters. The first-order valence-corrected chi connectivity index (χ1v) is 13.7. The third-order valence-corrected chi connectivity index (χ3v) is 8.82. The average Bonchev–Trinajstić information content (AvgIpc) is 3.16. The molecule has 202 valence electrons. The average molecular weight is 538 g/mol. The number of nitrogens with one attached hydrogen (secondary N) is 1. The molecule has 2 aliphatic heterocycles.